The molecular weight excluding hydrogens is 412 g/mol. The van der Waals surface area contributed by atoms with Crippen molar-refractivity contribution in [1.29, 1.82) is 0 Å². The molecule has 5 N–H and O–H groups in total. The predicted octanol–water partition coefficient (Wildman–Crippen LogP) is -1.35. The summed E-state index contributed by atoms with van der Waals surface area (Å²) in [5.41, 5.74) is -2.25. The van der Waals surface area contributed by atoms with Gasteiger partial charge in [0.15, 0.2) is 12.1 Å². The van der Waals surface area contributed by atoms with E-state index in [2.05, 4.69) is 0 Å². The van der Waals surface area contributed by atoms with Gasteiger partial charge in [-0.05, 0) is 5.92 Å². The first-order chi connectivity index (χ1) is 14.5. The number of hydrogen-bond donors (Lipinski definition) is 5. The Kier molecular flexibility index (Phi) is 4.68. The lowest BCUT2D eigenvalue weighted by Gasteiger charge is -2.58. The molecule has 10 nitrogen and oxygen atoms in total. The van der Waals surface area contributed by atoms with Crippen LogP contribution in [-0.4, -0.2) is 92.9 Å². The number of carbonyl (C=O) groups excluding carboxylic acids is 1. The van der Waals surface area contributed by atoms with Crippen LogP contribution in [0, 0.1) is 22.7 Å². The van der Waals surface area contributed by atoms with Crippen LogP contribution in [0.2, 0.25) is 0 Å². The topological polar surface area (TPSA) is 155 Å². The first kappa shape index (κ1) is 22.0. The Morgan fingerprint density at radius 1 is 1.13 bits per heavy atom. The van der Waals surface area contributed by atoms with E-state index in [1.165, 1.54) is 0 Å². The molecule has 0 aromatic heterocycles. The first-order valence-electron chi connectivity index (χ1n) is 11.0. The van der Waals surface area contributed by atoms with Crippen LogP contribution < -0.4 is 0 Å². The van der Waals surface area contributed by atoms with E-state index in [-0.39, 0.29) is 37.3 Å². The number of ether oxygens (including phenoxy) is 4. The molecule has 2 aliphatic carbocycles. The molecule has 3 heterocycles. The van der Waals surface area contributed by atoms with E-state index in [1.54, 1.807) is 0 Å². The predicted molar refractivity (Wildman–Crippen MR) is 101 cm³/mol. The van der Waals surface area contributed by atoms with Crippen molar-refractivity contribution in [2.45, 2.75) is 88.2 Å². The van der Waals surface area contributed by atoms with E-state index in [0.717, 1.165) is 0 Å². The van der Waals surface area contributed by atoms with Crippen molar-refractivity contribution in [3.63, 3.8) is 0 Å². The van der Waals surface area contributed by atoms with Gasteiger partial charge in [0.2, 0.25) is 0 Å². The molecule has 0 aromatic carbocycles. The Balaban J connectivity index is 1.53. The van der Waals surface area contributed by atoms with E-state index in [1.807, 2.05) is 20.8 Å². The van der Waals surface area contributed by atoms with Crippen LogP contribution in [0.4, 0.5) is 0 Å². The van der Waals surface area contributed by atoms with Crippen molar-refractivity contribution >= 4 is 5.97 Å². The molecule has 5 fully saturated rings. The first-order valence-corrected chi connectivity index (χ1v) is 11.0. The quantitative estimate of drug-likeness (QED) is 0.330. The fraction of sp³-hybridized carbons (Fsp3) is 0.952. The second-order valence-corrected chi connectivity index (χ2v) is 10.4. The molecular formula is C21H32O10. The zero-order valence-corrected chi connectivity index (χ0v) is 17.9. The Labute approximate surface area is 180 Å². The number of aliphatic hydroxyl groups excluding tert-OH is 5. The molecule has 2 saturated carbocycles. The van der Waals surface area contributed by atoms with Gasteiger partial charge in [-0.25, -0.2) is 0 Å². The van der Waals surface area contributed by atoms with Gasteiger partial charge in [0.05, 0.1) is 25.7 Å². The van der Waals surface area contributed by atoms with Gasteiger partial charge in [0.25, 0.3) is 0 Å². The molecule has 2 bridgehead atoms. The minimum Gasteiger partial charge on any atom is -0.458 e. The molecule has 0 amide bonds. The molecule has 0 spiro atoms. The Morgan fingerprint density at radius 3 is 2.52 bits per heavy atom. The van der Waals surface area contributed by atoms with Gasteiger partial charge in [-0.2, -0.15) is 0 Å². The summed E-state index contributed by atoms with van der Waals surface area (Å²) in [5.74, 6) is -2.12. The van der Waals surface area contributed by atoms with Crippen molar-refractivity contribution in [3.05, 3.63) is 0 Å². The largest absolute Gasteiger partial charge is 0.458 e. The van der Waals surface area contributed by atoms with Crippen LogP contribution in [0.25, 0.3) is 0 Å². The fourth-order valence-corrected chi connectivity index (χ4v) is 7.29. The monoisotopic (exact) mass is 444 g/mol. The zero-order valence-electron chi connectivity index (χ0n) is 17.9. The summed E-state index contributed by atoms with van der Waals surface area (Å²) >= 11 is 0. The average molecular weight is 444 g/mol. The van der Waals surface area contributed by atoms with Gasteiger partial charge in [0.1, 0.15) is 30.0 Å². The van der Waals surface area contributed by atoms with Gasteiger partial charge in [-0.15, -0.1) is 0 Å². The highest BCUT2D eigenvalue weighted by Crippen LogP contribution is 2.76. The summed E-state index contributed by atoms with van der Waals surface area (Å²) < 4.78 is 24.1. The molecule has 0 radical (unpaired) electrons. The minimum atomic E-state index is -1.57. The van der Waals surface area contributed by atoms with Crippen molar-refractivity contribution in [1.82, 2.24) is 0 Å². The normalized spacial score (nSPS) is 60.6. The number of esters is 1. The number of aliphatic hydroxyl groups is 5. The molecule has 10 heteroatoms. The molecule has 3 aliphatic heterocycles. The molecule has 3 saturated heterocycles. The van der Waals surface area contributed by atoms with Crippen molar-refractivity contribution in [2.75, 3.05) is 13.2 Å². The molecule has 0 unspecified atom stereocenters. The van der Waals surface area contributed by atoms with Crippen LogP contribution in [0.5, 0.6) is 0 Å². The highest BCUT2D eigenvalue weighted by molar-refractivity contribution is 5.75. The standard InChI is InChI=1S/C21H32O10/c1-9-11(23)4-21-18(3)8-28-20(10(18)2,7-19(9,21)5-13(24)30-21)31-17-16(27)15(26)14(25)12(6-22)29-17/h9-12,14-17,22-23,25-27H,4-8H2,1-3H3/t9-,10+,11-,12-,14-,15+,16-,17+,18-,19+,20+,21-/m1/s1. The third-order valence-electron chi connectivity index (χ3n) is 9.38. The Morgan fingerprint density at radius 2 is 1.84 bits per heavy atom. The molecule has 5 rings (SSSR count). The van der Waals surface area contributed by atoms with Gasteiger partial charge >= 0.3 is 5.97 Å². The van der Waals surface area contributed by atoms with Crippen LogP contribution in [0.3, 0.4) is 0 Å². The number of rotatable bonds is 3. The number of fused-ring (bicyclic) bond motifs is 2. The summed E-state index contributed by atoms with van der Waals surface area (Å²) in [6, 6.07) is 0. The second kappa shape index (κ2) is 6.60. The lowest BCUT2D eigenvalue weighted by atomic mass is 9.48. The third kappa shape index (κ3) is 2.42. The highest BCUT2D eigenvalue weighted by Gasteiger charge is 2.84. The molecule has 12 atom stereocenters. The Hall–Kier alpha value is -0.850. The summed E-state index contributed by atoms with van der Waals surface area (Å²) in [5, 5.41) is 51.1. The van der Waals surface area contributed by atoms with Gasteiger partial charge in [0, 0.05) is 29.6 Å². The average Bonchev–Trinajstić information content (AvgIpc) is 3.21. The van der Waals surface area contributed by atoms with E-state index < -0.39 is 65.6 Å². The molecule has 176 valence electrons. The molecule has 0 aromatic rings. The van der Waals surface area contributed by atoms with Crippen molar-refractivity contribution < 1.29 is 49.3 Å². The van der Waals surface area contributed by atoms with Crippen molar-refractivity contribution in [2.24, 2.45) is 22.7 Å². The van der Waals surface area contributed by atoms with Gasteiger partial charge < -0.3 is 44.5 Å². The minimum absolute atomic E-state index is 0.136. The fourth-order valence-electron chi connectivity index (χ4n) is 7.29. The molecule has 5 aliphatic rings. The van der Waals surface area contributed by atoms with Gasteiger partial charge in [-0.3, -0.25) is 4.79 Å². The van der Waals surface area contributed by atoms with E-state index in [9.17, 15) is 30.3 Å². The van der Waals surface area contributed by atoms with Crippen LogP contribution >= 0.6 is 0 Å². The summed E-state index contributed by atoms with van der Waals surface area (Å²) in [4.78, 5) is 12.6. The molecule has 31 heavy (non-hydrogen) atoms. The third-order valence-corrected chi connectivity index (χ3v) is 9.38. The zero-order chi connectivity index (χ0) is 22.6. The smallest absolute Gasteiger partial charge is 0.307 e. The lowest BCUT2D eigenvalue weighted by molar-refractivity contribution is -0.383. The van der Waals surface area contributed by atoms with Crippen LogP contribution in [0.15, 0.2) is 0 Å². The van der Waals surface area contributed by atoms with E-state index in [4.69, 9.17) is 18.9 Å². The van der Waals surface area contributed by atoms with Crippen LogP contribution in [0.1, 0.15) is 40.0 Å². The Bertz CT molecular complexity index is 775. The SMILES string of the molecule is C[C@@H]1[C@H](O)C[C@]23OC(=O)C[C@]12C[C@@]1(O[C@@H]2O[C@H](CO)[C@@H](O)[C@H](O)[C@H]2O)OC[C@]3(C)[C@@H]1C. The maximum atomic E-state index is 12.6. The highest BCUT2D eigenvalue weighted by atomic mass is 16.8. The van der Waals surface area contributed by atoms with Crippen LogP contribution in [-0.2, 0) is 23.7 Å². The summed E-state index contributed by atoms with van der Waals surface area (Å²) in [6.45, 7) is 5.48. The summed E-state index contributed by atoms with van der Waals surface area (Å²) in [7, 11) is 0. The van der Waals surface area contributed by atoms with Crippen molar-refractivity contribution in [3.8, 4) is 0 Å². The maximum Gasteiger partial charge on any atom is 0.307 e. The number of hydrogen-bond acceptors (Lipinski definition) is 10. The lowest BCUT2D eigenvalue weighted by Crippen LogP contribution is -2.67. The van der Waals surface area contributed by atoms with Gasteiger partial charge in [-0.1, -0.05) is 20.8 Å². The maximum absolute atomic E-state index is 12.6. The van der Waals surface area contributed by atoms with E-state index >= 15 is 0 Å². The second-order valence-electron chi connectivity index (χ2n) is 10.4. The number of carbonyl (C=O) groups is 1. The van der Waals surface area contributed by atoms with E-state index in [0.29, 0.717) is 6.42 Å². The summed E-state index contributed by atoms with van der Waals surface area (Å²) in [6.07, 6.45) is -7.01.